The molecule has 0 bridgehead atoms. The number of carbonyl (C=O) groups is 5. The van der Waals surface area contributed by atoms with E-state index < -0.39 is 35.3 Å². The molecule has 0 unspecified atom stereocenters. The summed E-state index contributed by atoms with van der Waals surface area (Å²) in [6, 6.07) is 7.99. The van der Waals surface area contributed by atoms with Crippen LogP contribution in [-0.2, 0) is 35.3 Å². The normalized spacial score (nSPS) is 18.0. The van der Waals surface area contributed by atoms with Crippen molar-refractivity contribution < 1.29 is 33.4 Å². The minimum atomic E-state index is -1.16. The Bertz CT molecular complexity index is 1180. The zero-order valence-electron chi connectivity index (χ0n) is 26.1. The summed E-state index contributed by atoms with van der Waals surface area (Å²) in [5.74, 6) is 0.532. The Morgan fingerprint density at radius 2 is 1.73 bits per heavy atom. The second-order valence-electron chi connectivity index (χ2n) is 12.5. The lowest BCUT2D eigenvalue weighted by atomic mass is 9.91. The van der Waals surface area contributed by atoms with E-state index in [1.807, 2.05) is 51.1 Å². The molecule has 2 saturated heterocycles. The molecule has 44 heavy (non-hydrogen) atoms. The molecular formula is C33H46N4O7. The van der Waals surface area contributed by atoms with Gasteiger partial charge in [0, 0.05) is 32.6 Å². The molecule has 3 rings (SSSR count). The zero-order valence-corrected chi connectivity index (χ0v) is 26.1. The average Bonchev–Trinajstić information content (AvgIpc) is 3.01. The first-order valence-corrected chi connectivity index (χ1v) is 15.4. The number of carbonyl (C=O) groups excluding carboxylic acids is 5. The first-order chi connectivity index (χ1) is 20.9. The number of terminal acetylenes is 1. The molecule has 0 aromatic heterocycles. The number of amides is 4. The van der Waals surface area contributed by atoms with Crippen molar-refractivity contribution in [2.24, 2.45) is 11.8 Å². The van der Waals surface area contributed by atoms with Crippen molar-refractivity contribution in [3.63, 3.8) is 0 Å². The molecule has 11 heteroatoms. The van der Waals surface area contributed by atoms with Gasteiger partial charge < -0.3 is 29.9 Å². The van der Waals surface area contributed by atoms with Crippen molar-refractivity contribution in [3.05, 3.63) is 35.9 Å². The molecule has 4 amide bonds. The van der Waals surface area contributed by atoms with E-state index in [1.54, 1.807) is 9.80 Å². The number of hydrogen-bond donors (Lipinski definition) is 2. The Balaban J connectivity index is 1.47. The van der Waals surface area contributed by atoms with E-state index in [0.717, 1.165) is 24.8 Å². The van der Waals surface area contributed by atoms with Crippen molar-refractivity contribution in [3.8, 4) is 12.3 Å². The summed E-state index contributed by atoms with van der Waals surface area (Å²) in [5.41, 5.74) is 0.268. The van der Waals surface area contributed by atoms with Gasteiger partial charge in [0.25, 0.3) is 0 Å². The lowest BCUT2D eigenvalue weighted by Gasteiger charge is -2.35. The SMILES string of the molecule is C#CCNC(=O)[C@H](CC(=O)OCc1ccccc1)NC(=O)[C@@H]1CCCN(C(=O)CCC2CCN(C(=O)OC(C)(C)C)CC2)C1. The summed E-state index contributed by atoms with van der Waals surface area (Å²) in [7, 11) is 0. The van der Waals surface area contributed by atoms with Crippen molar-refractivity contribution in [1.82, 2.24) is 20.4 Å². The lowest BCUT2D eigenvalue weighted by molar-refractivity contribution is -0.147. The maximum atomic E-state index is 13.2. The van der Waals surface area contributed by atoms with Crippen LogP contribution in [0, 0.1) is 24.2 Å². The van der Waals surface area contributed by atoms with Gasteiger partial charge in [-0.3, -0.25) is 19.2 Å². The highest BCUT2D eigenvalue weighted by Gasteiger charge is 2.33. The Hall–Kier alpha value is -4.07. The largest absolute Gasteiger partial charge is 0.461 e. The summed E-state index contributed by atoms with van der Waals surface area (Å²) < 4.78 is 10.8. The van der Waals surface area contributed by atoms with E-state index >= 15 is 0 Å². The third-order valence-electron chi connectivity index (χ3n) is 7.79. The molecule has 0 radical (unpaired) electrons. The van der Waals surface area contributed by atoms with Crippen LogP contribution in [0.1, 0.15) is 71.3 Å². The molecule has 1 aromatic carbocycles. The highest BCUT2D eigenvalue weighted by molar-refractivity contribution is 5.92. The Labute approximate surface area is 260 Å². The molecule has 2 aliphatic rings. The third-order valence-corrected chi connectivity index (χ3v) is 7.79. The van der Waals surface area contributed by atoms with Crippen molar-refractivity contribution in [1.29, 1.82) is 0 Å². The van der Waals surface area contributed by atoms with Crippen LogP contribution < -0.4 is 10.6 Å². The van der Waals surface area contributed by atoms with E-state index in [-0.39, 0.29) is 38.1 Å². The number of likely N-dealkylation sites (tertiary alicyclic amines) is 2. The Morgan fingerprint density at radius 1 is 1.02 bits per heavy atom. The van der Waals surface area contributed by atoms with E-state index in [2.05, 4.69) is 16.6 Å². The monoisotopic (exact) mass is 610 g/mol. The predicted octanol–water partition coefficient (Wildman–Crippen LogP) is 3.02. The summed E-state index contributed by atoms with van der Waals surface area (Å²) in [5, 5.41) is 5.22. The number of hydrogen-bond acceptors (Lipinski definition) is 7. The van der Waals surface area contributed by atoms with Gasteiger partial charge in [0.1, 0.15) is 18.2 Å². The quantitative estimate of drug-likeness (QED) is 0.291. The van der Waals surface area contributed by atoms with Crippen LogP contribution in [0.5, 0.6) is 0 Å². The van der Waals surface area contributed by atoms with Crippen LogP contribution in [0.3, 0.4) is 0 Å². The number of ether oxygens (including phenoxy) is 2. The first kappa shape index (κ1) is 34.4. The number of esters is 1. The highest BCUT2D eigenvalue weighted by atomic mass is 16.6. The number of nitrogens with one attached hydrogen (secondary N) is 2. The van der Waals surface area contributed by atoms with Crippen LogP contribution in [0.2, 0.25) is 0 Å². The average molecular weight is 611 g/mol. The molecule has 2 atom stereocenters. The molecule has 2 aliphatic heterocycles. The molecule has 0 spiro atoms. The third kappa shape index (κ3) is 11.5. The maximum Gasteiger partial charge on any atom is 0.410 e. The van der Waals surface area contributed by atoms with Gasteiger partial charge in [-0.25, -0.2) is 4.79 Å². The number of rotatable bonds is 11. The summed E-state index contributed by atoms with van der Waals surface area (Å²) >= 11 is 0. The van der Waals surface area contributed by atoms with Gasteiger partial charge in [0.15, 0.2) is 0 Å². The van der Waals surface area contributed by atoms with Crippen LogP contribution in [0.4, 0.5) is 4.79 Å². The minimum Gasteiger partial charge on any atom is -0.461 e. The smallest absolute Gasteiger partial charge is 0.410 e. The maximum absolute atomic E-state index is 13.2. The summed E-state index contributed by atoms with van der Waals surface area (Å²) in [4.78, 5) is 67.3. The molecule has 240 valence electrons. The Morgan fingerprint density at radius 3 is 2.39 bits per heavy atom. The van der Waals surface area contributed by atoms with E-state index in [4.69, 9.17) is 15.9 Å². The standard InChI is InChI=1S/C33H46N4O7/c1-5-17-34-31(41)27(21-29(39)43-23-25-10-7-6-8-11-25)35-30(40)26-12-9-18-37(22-26)28(38)14-13-24-15-19-36(20-16-24)32(42)44-33(2,3)4/h1,6-8,10-11,24,26-27H,9,12-23H2,2-4H3,(H,34,41)(H,35,40)/t26-,27+/m1/s1. The van der Waals surface area contributed by atoms with Crippen LogP contribution in [0.15, 0.2) is 30.3 Å². The molecule has 1 aromatic rings. The van der Waals surface area contributed by atoms with Gasteiger partial charge in [0.2, 0.25) is 17.7 Å². The molecule has 2 heterocycles. The van der Waals surface area contributed by atoms with Gasteiger partial charge in [-0.05, 0) is 64.4 Å². The van der Waals surface area contributed by atoms with Gasteiger partial charge in [0.05, 0.1) is 18.9 Å². The minimum absolute atomic E-state index is 0.00938. The number of nitrogens with zero attached hydrogens (tertiary/aromatic N) is 2. The first-order valence-electron chi connectivity index (χ1n) is 15.4. The predicted molar refractivity (Wildman–Crippen MR) is 164 cm³/mol. The second kappa shape index (κ2) is 16.7. The summed E-state index contributed by atoms with van der Waals surface area (Å²) in [6.45, 7) is 7.57. The molecule has 0 aliphatic carbocycles. The van der Waals surface area contributed by atoms with E-state index in [1.165, 1.54) is 0 Å². The van der Waals surface area contributed by atoms with Gasteiger partial charge in [-0.15, -0.1) is 6.42 Å². The fourth-order valence-electron chi connectivity index (χ4n) is 5.36. The fourth-order valence-corrected chi connectivity index (χ4v) is 5.36. The van der Waals surface area contributed by atoms with E-state index in [9.17, 15) is 24.0 Å². The fraction of sp³-hybridized carbons (Fsp3) is 0.606. The second-order valence-corrected chi connectivity index (χ2v) is 12.5. The van der Waals surface area contributed by atoms with Gasteiger partial charge >= 0.3 is 12.1 Å². The lowest BCUT2D eigenvalue weighted by Crippen LogP contribution is -2.52. The zero-order chi connectivity index (χ0) is 32.1. The van der Waals surface area contributed by atoms with E-state index in [0.29, 0.717) is 44.8 Å². The van der Waals surface area contributed by atoms with Crippen LogP contribution >= 0.6 is 0 Å². The van der Waals surface area contributed by atoms with Crippen LogP contribution in [0.25, 0.3) is 0 Å². The summed E-state index contributed by atoms with van der Waals surface area (Å²) in [6.07, 6.45) is 8.55. The highest BCUT2D eigenvalue weighted by Crippen LogP contribution is 2.25. The molecule has 2 fully saturated rings. The molecule has 11 nitrogen and oxygen atoms in total. The van der Waals surface area contributed by atoms with Gasteiger partial charge in [-0.1, -0.05) is 36.3 Å². The topological polar surface area (TPSA) is 134 Å². The number of benzene rings is 1. The van der Waals surface area contributed by atoms with Crippen molar-refractivity contribution in [2.45, 2.75) is 84.0 Å². The molecule has 2 N–H and O–H groups in total. The van der Waals surface area contributed by atoms with Crippen molar-refractivity contribution in [2.75, 3.05) is 32.7 Å². The van der Waals surface area contributed by atoms with Crippen LogP contribution in [-0.4, -0.2) is 84.0 Å². The van der Waals surface area contributed by atoms with Crippen molar-refractivity contribution >= 4 is 29.8 Å². The molecule has 0 saturated carbocycles. The molecular weight excluding hydrogens is 564 g/mol. The van der Waals surface area contributed by atoms with Gasteiger partial charge in [-0.2, -0.15) is 0 Å². The number of piperidine rings is 2. The Kier molecular flexibility index (Phi) is 13.1.